The van der Waals surface area contributed by atoms with E-state index in [1.165, 1.54) is 25.9 Å². The predicted molar refractivity (Wildman–Crippen MR) is 128 cm³/mol. The Bertz CT molecular complexity index is 751. The fourth-order valence-electron chi connectivity index (χ4n) is 3.50. The minimum absolute atomic E-state index is 0.0425. The van der Waals surface area contributed by atoms with Crippen molar-refractivity contribution in [2.24, 2.45) is 11.8 Å². The zero-order valence-electron chi connectivity index (χ0n) is 21.7. The molecule has 10 nitrogen and oxygen atoms in total. The van der Waals surface area contributed by atoms with Crippen LogP contribution in [0.25, 0.3) is 0 Å². The van der Waals surface area contributed by atoms with Crippen LogP contribution < -0.4 is 5.32 Å². The van der Waals surface area contributed by atoms with Gasteiger partial charge >= 0.3 is 11.9 Å². The third-order valence-corrected chi connectivity index (χ3v) is 5.35. The van der Waals surface area contributed by atoms with E-state index in [0.29, 0.717) is 6.42 Å². The van der Waals surface area contributed by atoms with Gasteiger partial charge in [0.15, 0.2) is 0 Å². The second-order valence-electron chi connectivity index (χ2n) is 8.96. The summed E-state index contributed by atoms with van der Waals surface area (Å²) >= 11 is 0. The first-order chi connectivity index (χ1) is 15.8. The number of carbonyl (C=O) groups excluding carboxylic acids is 4. The molecule has 0 aliphatic heterocycles. The molecule has 0 aromatic rings. The third kappa shape index (κ3) is 10.4. The quantitative estimate of drug-likeness (QED) is 0.284. The highest BCUT2D eigenvalue weighted by Gasteiger charge is 2.40. The lowest BCUT2D eigenvalue weighted by atomic mass is 9.92. The van der Waals surface area contributed by atoms with Crippen LogP contribution in [-0.2, 0) is 28.7 Å². The van der Waals surface area contributed by atoms with Gasteiger partial charge in [0.2, 0.25) is 17.7 Å². The van der Waals surface area contributed by atoms with Crippen LogP contribution in [0.3, 0.4) is 0 Å². The fraction of sp³-hybridized carbons (Fsp3) is 0.708. The number of hydrogen-bond acceptors (Lipinski definition) is 6. The zero-order valence-corrected chi connectivity index (χ0v) is 21.7. The number of carbonyl (C=O) groups is 5. The van der Waals surface area contributed by atoms with Crippen molar-refractivity contribution in [3.63, 3.8) is 0 Å². The number of hydrogen-bond donors (Lipinski definition) is 2. The molecule has 194 valence electrons. The molecule has 0 aromatic carbocycles. The maximum absolute atomic E-state index is 13.5. The van der Waals surface area contributed by atoms with Crippen molar-refractivity contribution in [3.05, 3.63) is 12.2 Å². The number of amides is 3. The van der Waals surface area contributed by atoms with E-state index in [1.54, 1.807) is 6.92 Å². The number of aliphatic carboxylic acids is 1. The number of carboxylic acid groups (broad SMARTS) is 1. The van der Waals surface area contributed by atoms with Crippen LogP contribution in [0.15, 0.2) is 12.2 Å². The van der Waals surface area contributed by atoms with E-state index < -0.39 is 48.5 Å². The van der Waals surface area contributed by atoms with E-state index in [2.05, 4.69) is 5.32 Å². The van der Waals surface area contributed by atoms with Gasteiger partial charge in [-0.3, -0.25) is 24.0 Å². The first-order valence-corrected chi connectivity index (χ1v) is 11.6. The van der Waals surface area contributed by atoms with Crippen molar-refractivity contribution in [2.75, 3.05) is 20.6 Å². The lowest BCUT2D eigenvalue weighted by Gasteiger charge is -2.37. The number of carboxylic acids is 1. The van der Waals surface area contributed by atoms with Crippen molar-refractivity contribution in [2.45, 2.75) is 79.0 Å². The second kappa shape index (κ2) is 15.1. The molecule has 10 heteroatoms. The van der Waals surface area contributed by atoms with Gasteiger partial charge in [-0.25, -0.2) is 0 Å². The topological polar surface area (TPSA) is 133 Å². The van der Waals surface area contributed by atoms with E-state index in [9.17, 15) is 24.0 Å². The Morgan fingerprint density at radius 1 is 1.09 bits per heavy atom. The van der Waals surface area contributed by atoms with Gasteiger partial charge < -0.3 is 25.0 Å². The molecule has 0 aromatic heterocycles. The molecule has 34 heavy (non-hydrogen) atoms. The first-order valence-electron chi connectivity index (χ1n) is 11.6. The Hall–Kier alpha value is -2.91. The summed E-state index contributed by atoms with van der Waals surface area (Å²) in [5.41, 5.74) is 0. The zero-order chi connectivity index (χ0) is 26.6. The average Bonchev–Trinajstić information content (AvgIpc) is 2.73. The number of allylic oxidation sites excluding steroid dienone is 2. The summed E-state index contributed by atoms with van der Waals surface area (Å²) in [5.74, 6) is -3.56. The molecule has 0 fully saturated rings. The molecule has 0 spiro atoms. The molecule has 1 unspecified atom stereocenters. The smallest absolute Gasteiger partial charge is 0.323 e. The van der Waals surface area contributed by atoms with Crippen LogP contribution in [0, 0.1) is 11.8 Å². The molecular weight excluding hydrogens is 442 g/mol. The largest absolute Gasteiger partial charge is 0.480 e. The maximum atomic E-state index is 13.5. The Morgan fingerprint density at radius 2 is 1.68 bits per heavy atom. The number of rotatable bonds is 14. The molecule has 0 saturated carbocycles. The molecular formula is C24H41N3O7. The number of ether oxygens (including phenoxy) is 1. The summed E-state index contributed by atoms with van der Waals surface area (Å²) in [4.78, 5) is 64.3. The van der Waals surface area contributed by atoms with Gasteiger partial charge in [0, 0.05) is 27.4 Å². The molecule has 0 heterocycles. The summed E-state index contributed by atoms with van der Waals surface area (Å²) < 4.78 is 5.54. The maximum Gasteiger partial charge on any atom is 0.323 e. The predicted octanol–water partition coefficient (Wildman–Crippen LogP) is 1.83. The van der Waals surface area contributed by atoms with Crippen molar-refractivity contribution < 1.29 is 33.8 Å². The Morgan fingerprint density at radius 3 is 2.12 bits per heavy atom. The number of likely N-dealkylation sites (N-methyl/N-ethyl adjacent to an activating group) is 2. The molecule has 4 atom stereocenters. The van der Waals surface area contributed by atoms with Crippen LogP contribution >= 0.6 is 0 Å². The molecule has 0 saturated heterocycles. The van der Waals surface area contributed by atoms with Gasteiger partial charge in [-0.05, 0) is 31.6 Å². The van der Waals surface area contributed by atoms with Gasteiger partial charge in [0.1, 0.15) is 24.7 Å². The van der Waals surface area contributed by atoms with E-state index in [0.717, 1.165) is 4.90 Å². The Labute approximate surface area is 202 Å². The molecule has 0 bridgehead atoms. The molecule has 2 N–H and O–H groups in total. The van der Waals surface area contributed by atoms with Gasteiger partial charge in [0.05, 0.1) is 0 Å². The van der Waals surface area contributed by atoms with E-state index in [-0.39, 0.29) is 30.6 Å². The van der Waals surface area contributed by atoms with Crippen LogP contribution in [-0.4, -0.2) is 83.4 Å². The normalized spacial score (nSPS) is 14.7. The van der Waals surface area contributed by atoms with E-state index in [1.807, 2.05) is 39.8 Å². The van der Waals surface area contributed by atoms with Gasteiger partial charge in [-0.1, -0.05) is 39.8 Å². The lowest BCUT2D eigenvalue weighted by Crippen LogP contribution is -2.60. The standard InChI is InChI=1S/C24H41N3O7/c1-9-11-12-16(5)22(34-17(6)28)21(27(8)19(29)13-15(3)4)23(32)25-18(10-2)24(33)26(7)14-20(30)31/h9,11,15-16,18,21-22H,10,12-14H2,1-8H3,(H,25,32)(H,30,31)/b11-9+/t16-,18+,21?,22-/m1/s1. The summed E-state index contributed by atoms with van der Waals surface area (Å²) in [6.07, 6.45) is 3.66. The monoisotopic (exact) mass is 483 g/mol. The number of nitrogens with one attached hydrogen (secondary N) is 1. The van der Waals surface area contributed by atoms with Gasteiger partial charge in [-0.2, -0.15) is 0 Å². The third-order valence-electron chi connectivity index (χ3n) is 5.35. The van der Waals surface area contributed by atoms with Crippen molar-refractivity contribution >= 4 is 29.7 Å². The lowest BCUT2D eigenvalue weighted by molar-refractivity contribution is -0.161. The summed E-state index contributed by atoms with van der Waals surface area (Å²) in [7, 11) is 2.81. The summed E-state index contributed by atoms with van der Waals surface area (Å²) in [6, 6.07) is -2.18. The number of esters is 1. The SMILES string of the molecule is C/C=C/C[C@@H](C)[C@@H](OC(C)=O)C(C(=O)N[C@@H](CC)C(=O)N(C)CC(=O)O)N(C)C(=O)CC(C)C. The average molecular weight is 484 g/mol. The summed E-state index contributed by atoms with van der Waals surface area (Å²) in [6.45, 7) is 9.82. The minimum atomic E-state index is -1.18. The van der Waals surface area contributed by atoms with Crippen LogP contribution in [0.4, 0.5) is 0 Å². The minimum Gasteiger partial charge on any atom is -0.480 e. The van der Waals surface area contributed by atoms with Gasteiger partial charge in [-0.15, -0.1) is 0 Å². The van der Waals surface area contributed by atoms with Crippen LogP contribution in [0.5, 0.6) is 0 Å². The fourth-order valence-corrected chi connectivity index (χ4v) is 3.50. The van der Waals surface area contributed by atoms with Crippen molar-refractivity contribution in [3.8, 4) is 0 Å². The molecule has 3 amide bonds. The highest BCUT2D eigenvalue weighted by atomic mass is 16.5. The Balaban J connectivity index is 6.16. The van der Waals surface area contributed by atoms with E-state index in [4.69, 9.17) is 9.84 Å². The molecule has 0 radical (unpaired) electrons. The Kier molecular flexibility index (Phi) is 13.8. The highest BCUT2D eigenvalue weighted by molar-refractivity contribution is 5.93. The van der Waals surface area contributed by atoms with E-state index >= 15 is 0 Å². The van der Waals surface area contributed by atoms with Crippen LogP contribution in [0.1, 0.15) is 60.8 Å². The van der Waals surface area contributed by atoms with Crippen molar-refractivity contribution in [1.29, 1.82) is 0 Å². The molecule has 0 aliphatic rings. The summed E-state index contributed by atoms with van der Waals surface area (Å²) in [5, 5.41) is 11.6. The van der Waals surface area contributed by atoms with Gasteiger partial charge in [0.25, 0.3) is 0 Å². The molecule has 0 rings (SSSR count). The second-order valence-corrected chi connectivity index (χ2v) is 8.96. The van der Waals surface area contributed by atoms with Crippen LogP contribution in [0.2, 0.25) is 0 Å². The first kappa shape index (κ1) is 31.1. The van der Waals surface area contributed by atoms with Crippen molar-refractivity contribution in [1.82, 2.24) is 15.1 Å². The highest BCUT2D eigenvalue weighted by Crippen LogP contribution is 2.22. The molecule has 0 aliphatic carbocycles. The number of nitrogens with zero attached hydrogens (tertiary/aromatic N) is 2.